The van der Waals surface area contributed by atoms with E-state index < -0.39 is 11.4 Å². The van der Waals surface area contributed by atoms with Gasteiger partial charge in [0.1, 0.15) is 6.54 Å². The number of benzene rings is 1. The lowest BCUT2D eigenvalue weighted by molar-refractivity contribution is -0.118. The van der Waals surface area contributed by atoms with E-state index in [0.717, 1.165) is 0 Å². The van der Waals surface area contributed by atoms with Gasteiger partial charge in [-0.3, -0.25) is 14.3 Å². The number of hydrogen-bond donors (Lipinski definition) is 1. The van der Waals surface area contributed by atoms with Gasteiger partial charge in [0.2, 0.25) is 5.91 Å². The topological polar surface area (TPSA) is 70.0 Å². The Hall–Kier alpha value is -1.75. The predicted octanol–water partition coefficient (Wildman–Crippen LogP) is 1.70. The molecule has 2 aromatic rings. The van der Waals surface area contributed by atoms with Crippen molar-refractivity contribution in [3.05, 3.63) is 33.6 Å². The summed E-state index contributed by atoms with van der Waals surface area (Å²) in [7, 11) is 0. The van der Waals surface area contributed by atoms with Gasteiger partial charge in [-0.1, -0.05) is 11.6 Å². The molecule has 0 unspecified atom stereocenters. The van der Waals surface area contributed by atoms with Crippen molar-refractivity contribution in [2.75, 3.05) is 0 Å². The first-order valence-corrected chi connectivity index (χ1v) is 6.29. The van der Waals surface area contributed by atoms with Crippen LogP contribution in [0.15, 0.2) is 23.0 Å². The Labute approximate surface area is 115 Å². The molecule has 102 valence electrons. The van der Waals surface area contributed by atoms with Crippen LogP contribution in [0.4, 0.5) is 0 Å². The van der Waals surface area contributed by atoms with Crippen LogP contribution in [0.5, 0.6) is 0 Å². The molecule has 0 radical (unpaired) electrons. The maximum absolute atomic E-state index is 12.5. The molecular formula is C13H16ClN3O2. The SMILES string of the molecule is CC(C)(C)n1c(=O)c2cc(Cl)ccc2n1CC(N)=O. The Morgan fingerprint density at radius 1 is 1.37 bits per heavy atom. The zero-order valence-corrected chi connectivity index (χ0v) is 11.9. The summed E-state index contributed by atoms with van der Waals surface area (Å²) in [6.45, 7) is 5.64. The molecule has 0 saturated carbocycles. The van der Waals surface area contributed by atoms with Gasteiger partial charge in [-0.15, -0.1) is 0 Å². The summed E-state index contributed by atoms with van der Waals surface area (Å²) in [5, 5.41) is 0.977. The fourth-order valence-corrected chi connectivity index (χ4v) is 2.38. The van der Waals surface area contributed by atoms with Crippen molar-refractivity contribution < 1.29 is 4.79 Å². The van der Waals surface area contributed by atoms with Crippen molar-refractivity contribution >= 4 is 28.4 Å². The first-order valence-electron chi connectivity index (χ1n) is 5.91. The monoisotopic (exact) mass is 281 g/mol. The summed E-state index contributed by atoms with van der Waals surface area (Å²) < 4.78 is 3.15. The molecule has 2 N–H and O–H groups in total. The van der Waals surface area contributed by atoms with Gasteiger partial charge in [0.15, 0.2) is 0 Å². The first-order chi connectivity index (χ1) is 8.71. The van der Waals surface area contributed by atoms with Gasteiger partial charge in [-0.2, -0.15) is 0 Å². The fourth-order valence-electron chi connectivity index (χ4n) is 2.21. The average Bonchev–Trinajstić information content (AvgIpc) is 2.50. The van der Waals surface area contributed by atoms with Crippen LogP contribution in [0, 0.1) is 0 Å². The smallest absolute Gasteiger partial charge is 0.275 e. The summed E-state index contributed by atoms with van der Waals surface area (Å²) in [6.07, 6.45) is 0. The molecule has 1 heterocycles. The molecular weight excluding hydrogens is 266 g/mol. The van der Waals surface area contributed by atoms with E-state index in [2.05, 4.69) is 0 Å². The van der Waals surface area contributed by atoms with E-state index in [1.54, 1.807) is 27.6 Å². The second kappa shape index (κ2) is 4.42. The number of primary amides is 1. The molecule has 1 aromatic heterocycles. The van der Waals surface area contributed by atoms with Gasteiger partial charge in [0.05, 0.1) is 16.4 Å². The van der Waals surface area contributed by atoms with Crippen molar-refractivity contribution in [3.63, 3.8) is 0 Å². The van der Waals surface area contributed by atoms with Crippen molar-refractivity contribution in [3.8, 4) is 0 Å². The maximum atomic E-state index is 12.5. The lowest BCUT2D eigenvalue weighted by atomic mass is 10.1. The summed E-state index contributed by atoms with van der Waals surface area (Å²) in [4.78, 5) is 23.7. The van der Waals surface area contributed by atoms with Gasteiger partial charge in [0.25, 0.3) is 5.56 Å². The van der Waals surface area contributed by atoms with Crippen LogP contribution in [0.1, 0.15) is 20.8 Å². The minimum Gasteiger partial charge on any atom is -0.368 e. The number of aromatic nitrogens is 2. The van der Waals surface area contributed by atoms with E-state index >= 15 is 0 Å². The van der Waals surface area contributed by atoms with Crippen LogP contribution in [0.3, 0.4) is 0 Å². The first kappa shape index (κ1) is 13.7. The zero-order chi connectivity index (χ0) is 14.4. The lowest BCUT2D eigenvalue weighted by Crippen LogP contribution is -2.38. The molecule has 2 rings (SSSR count). The normalized spacial score (nSPS) is 12.0. The van der Waals surface area contributed by atoms with E-state index in [1.165, 1.54) is 0 Å². The fraction of sp³-hybridized carbons (Fsp3) is 0.385. The molecule has 6 heteroatoms. The Bertz CT molecular complexity index is 707. The Kier molecular flexibility index (Phi) is 3.18. The van der Waals surface area contributed by atoms with Crippen LogP contribution in [0.25, 0.3) is 10.9 Å². The quantitative estimate of drug-likeness (QED) is 0.910. The highest BCUT2D eigenvalue weighted by Crippen LogP contribution is 2.21. The summed E-state index contributed by atoms with van der Waals surface area (Å²) in [5.41, 5.74) is 5.29. The maximum Gasteiger partial charge on any atom is 0.275 e. The van der Waals surface area contributed by atoms with Crippen molar-refractivity contribution in [2.24, 2.45) is 5.73 Å². The molecule has 0 bridgehead atoms. The molecule has 1 aromatic carbocycles. The lowest BCUT2D eigenvalue weighted by Gasteiger charge is -2.24. The van der Waals surface area contributed by atoms with Gasteiger partial charge in [-0.05, 0) is 39.0 Å². The Morgan fingerprint density at radius 2 is 2.00 bits per heavy atom. The number of amides is 1. The van der Waals surface area contributed by atoms with Crippen LogP contribution in [-0.4, -0.2) is 15.3 Å². The molecule has 0 fully saturated rings. The summed E-state index contributed by atoms with van der Waals surface area (Å²) in [6, 6.07) is 5.02. The number of halogens is 1. The highest BCUT2D eigenvalue weighted by atomic mass is 35.5. The second-order valence-corrected chi connectivity index (χ2v) is 5.91. The number of nitrogens with zero attached hydrogens (tertiary/aromatic N) is 2. The number of fused-ring (bicyclic) bond motifs is 1. The second-order valence-electron chi connectivity index (χ2n) is 5.47. The Balaban J connectivity index is 2.88. The van der Waals surface area contributed by atoms with E-state index in [-0.39, 0.29) is 12.1 Å². The number of carbonyl (C=O) groups excluding carboxylic acids is 1. The third-order valence-corrected chi connectivity index (χ3v) is 3.08. The van der Waals surface area contributed by atoms with Gasteiger partial charge in [0, 0.05) is 5.02 Å². The molecule has 1 amide bonds. The molecule has 0 spiro atoms. The molecule has 0 aliphatic heterocycles. The van der Waals surface area contributed by atoms with E-state index in [0.29, 0.717) is 15.9 Å². The molecule has 5 nitrogen and oxygen atoms in total. The largest absolute Gasteiger partial charge is 0.368 e. The van der Waals surface area contributed by atoms with Crippen molar-refractivity contribution in [1.29, 1.82) is 0 Å². The standard InChI is InChI=1S/C13H16ClN3O2/c1-13(2,3)17-12(19)9-6-8(14)4-5-10(9)16(17)7-11(15)18/h4-6H,7H2,1-3H3,(H2,15,18). The number of rotatable bonds is 2. The highest BCUT2D eigenvalue weighted by molar-refractivity contribution is 6.31. The molecule has 19 heavy (non-hydrogen) atoms. The predicted molar refractivity (Wildman–Crippen MR) is 75.4 cm³/mol. The third-order valence-electron chi connectivity index (χ3n) is 2.84. The van der Waals surface area contributed by atoms with Crippen molar-refractivity contribution in [1.82, 2.24) is 9.36 Å². The minimum absolute atomic E-state index is 0.0440. The molecule has 0 aliphatic carbocycles. The van der Waals surface area contributed by atoms with Crippen LogP contribution >= 0.6 is 11.6 Å². The molecule has 0 atom stereocenters. The number of hydrogen-bond acceptors (Lipinski definition) is 2. The number of nitrogens with two attached hydrogens (primary N) is 1. The Morgan fingerprint density at radius 3 is 2.53 bits per heavy atom. The van der Waals surface area contributed by atoms with Crippen molar-refractivity contribution in [2.45, 2.75) is 32.9 Å². The van der Waals surface area contributed by atoms with Crippen LogP contribution in [-0.2, 0) is 16.9 Å². The van der Waals surface area contributed by atoms with Gasteiger partial charge in [-0.25, -0.2) is 4.68 Å². The number of carbonyl (C=O) groups is 1. The third kappa shape index (κ3) is 2.38. The van der Waals surface area contributed by atoms with Crippen LogP contribution < -0.4 is 11.3 Å². The average molecular weight is 282 g/mol. The minimum atomic E-state index is -0.496. The summed E-state index contributed by atoms with van der Waals surface area (Å²) in [5.74, 6) is -0.496. The van der Waals surface area contributed by atoms with Crippen LogP contribution in [0.2, 0.25) is 5.02 Å². The zero-order valence-electron chi connectivity index (χ0n) is 11.1. The van der Waals surface area contributed by atoms with E-state index in [1.807, 2.05) is 20.8 Å². The van der Waals surface area contributed by atoms with Gasteiger partial charge >= 0.3 is 0 Å². The summed E-state index contributed by atoms with van der Waals surface area (Å²) >= 11 is 5.92. The highest BCUT2D eigenvalue weighted by Gasteiger charge is 2.23. The van der Waals surface area contributed by atoms with E-state index in [4.69, 9.17) is 17.3 Å². The van der Waals surface area contributed by atoms with Gasteiger partial charge < -0.3 is 5.73 Å². The molecule has 0 saturated heterocycles. The van der Waals surface area contributed by atoms with E-state index in [9.17, 15) is 9.59 Å². The molecule has 0 aliphatic rings.